The second-order valence-corrected chi connectivity index (χ2v) is 24.1. The predicted molar refractivity (Wildman–Crippen MR) is 292 cm³/mol. The van der Waals surface area contributed by atoms with E-state index in [4.69, 9.17) is 16.6 Å². The first-order valence-corrected chi connectivity index (χ1v) is 28.6. The molecule has 4 heterocycles. The summed E-state index contributed by atoms with van der Waals surface area (Å²) in [7, 11) is 0. The van der Waals surface area contributed by atoms with E-state index in [1.807, 2.05) is 81.7 Å². The van der Waals surface area contributed by atoms with E-state index in [9.17, 15) is 24.3 Å². The molecule has 2 saturated heterocycles. The summed E-state index contributed by atoms with van der Waals surface area (Å²) in [6.07, 6.45) is 12.8. The van der Waals surface area contributed by atoms with Gasteiger partial charge in [0.05, 0.1) is 39.8 Å². The number of β-amino-alcohol motifs (C(OH)–C–C–N with tert-alkyl or cyclic N) is 1. The Morgan fingerprint density at radius 1 is 0.819 bits per heavy atom. The molecule has 2 fully saturated rings. The number of carbonyl (C=O) groups is 4. The third kappa shape index (κ3) is 14.0. The van der Waals surface area contributed by atoms with Crippen LogP contribution >= 0.6 is 34.7 Å². The van der Waals surface area contributed by atoms with E-state index < -0.39 is 22.9 Å². The summed E-state index contributed by atoms with van der Waals surface area (Å²) >= 11 is 9.52. The van der Waals surface area contributed by atoms with E-state index in [0.29, 0.717) is 29.9 Å². The van der Waals surface area contributed by atoms with Crippen LogP contribution in [0.15, 0.2) is 60.4 Å². The summed E-state index contributed by atoms with van der Waals surface area (Å²) in [5.74, 6) is 1.77. The van der Waals surface area contributed by atoms with Gasteiger partial charge in [-0.25, -0.2) is 15.0 Å². The number of aliphatic hydroxyl groups is 1. The third-order valence-corrected chi connectivity index (χ3v) is 17.8. The Labute approximate surface area is 441 Å². The van der Waals surface area contributed by atoms with Crippen LogP contribution in [0, 0.1) is 6.92 Å². The summed E-state index contributed by atoms with van der Waals surface area (Å²) in [5, 5.41) is 17.4. The predicted octanol–water partition coefficient (Wildman–Crippen LogP) is 10.4. The van der Waals surface area contributed by atoms with Gasteiger partial charge in [0, 0.05) is 61.4 Å². The van der Waals surface area contributed by atoms with Crippen molar-refractivity contribution in [3.05, 3.63) is 93.5 Å². The maximum atomic E-state index is 14.3. The number of hydrogen-bond donors (Lipinski definition) is 3. The van der Waals surface area contributed by atoms with Crippen LogP contribution in [0.4, 0.5) is 5.82 Å². The average Bonchev–Trinajstić information content (AvgIpc) is 4.07. The molecule has 0 saturated carbocycles. The number of nitrogens with zero attached hydrogens (tertiary/aromatic N) is 6. The van der Waals surface area contributed by atoms with E-state index in [1.54, 1.807) is 29.4 Å². The number of halogens is 1. The number of thiazole rings is 1. The van der Waals surface area contributed by atoms with Crippen LogP contribution < -0.4 is 15.5 Å². The molecule has 7 atom stereocenters. The fourth-order valence-corrected chi connectivity index (χ4v) is 13.1. The number of nitrogens with one attached hydrogen (secondary N) is 2. The first-order chi connectivity index (χ1) is 34.5. The lowest BCUT2D eigenvalue weighted by Gasteiger charge is -2.38. The monoisotopic (exact) mass is 1040 g/mol. The molecule has 0 spiro atoms. The number of aromatic nitrogens is 3. The molecule has 4 aromatic rings. The second kappa shape index (κ2) is 25.6. The zero-order chi connectivity index (χ0) is 51.5. The topological polar surface area (TPSA) is 161 Å². The molecule has 1 aliphatic carbocycles. The molecule has 4 amide bonds. The molecule has 2 aliphatic heterocycles. The fraction of sp³-hybridized carbons (Fsp3) is 0.589. The van der Waals surface area contributed by atoms with E-state index >= 15 is 0 Å². The SMILES string of the molecule is CC(=O)N[C@H](C(=O)N1C[C@H](O)C[C@H]1C(=O)N[C@@H](C)c1ccc(-c2scnc2C)cc1)C(C)(C)SCCCCCCCCCCC[C@@H](C(=O)N1CCN(c2ncnc3c2[C@H](C)C[C@H]3C)CC1)c1ccc(Cl)cc1. The quantitative estimate of drug-likeness (QED) is 0.0610. The highest BCUT2D eigenvalue weighted by Gasteiger charge is 2.46. The van der Waals surface area contributed by atoms with Crippen molar-refractivity contribution in [3.63, 3.8) is 0 Å². The molecule has 3 aliphatic rings. The van der Waals surface area contributed by atoms with Crippen LogP contribution in [0.3, 0.4) is 0 Å². The molecule has 2 aromatic carbocycles. The zero-order valence-corrected chi connectivity index (χ0v) is 45.9. The van der Waals surface area contributed by atoms with Crippen LogP contribution in [0.1, 0.15) is 170 Å². The summed E-state index contributed by atoms with van der Waals surface area (Å²) in [6.45, 7) is 16.7. The van der Waals surface area contributed by atoms with Crippen LogP contribution in [0.2, 0.25) is 5.02 Å². The number of anilines is 1. The standard InChI is InChI=1S/C56H77ClN8O5S2/c1-36-31-37(2)49-48(36)52(59-34-58-49)63-26-28-64(29-27-63)54(69)46(42-22-24-44(57)25-23-42)17-15-13-11-9-8-10-12-14-16-30-72-56(6,7)51(62-40(5)66)55(70)65-33-45(67)32-47(65)53(68)61-38(3)41-18-20-43(21-19-41)50-39(4)60-35-71-50/h18-25,34-38,45-47,51,67H,8-17,26-33H2,1-7H3,(H,61,68)(H,62,66)/t36-,37-,38+,45-,46-,47+,51-/m1/s1. The van der Waals surface area contributed by atoms with Crippen molar-refractivity contribution in [1.82, 2.24) is 35.4 Å². The average molecular weight is 1040 g/mol. The summed E-state index contributed by atoms with van der Waals surface area (Å²) in [4.78, 5) is 75.4. The van der Waals surface area contributed by atoms with Gasteiger partial charge in [-0.2, -0.15) is 11.8 Å². The lowest BCUT2D eigenvalue weighted by molar-refractivity contribution is -0.142. The number of rotatable bonds is 23. The summed E-state index contributed by atoms with van der Waals surface area (Å²) in [6, 6.07) is 13.8. The molecule has 16 heteroatoms. The Balaban J connectivity index is 0.805. The minimum absolute atomic E-state index is 0.0273. The van der Waals surface area contributed by atoms with Crippen molar-refractivity contribution in [3.8, 4) is 10.4 Å². The normalized spacial score (nSPS) is 20.3. The molecular formula is C56H77ClN8O5S2. The first-order valence-electron chi connectivity index (χ1n) is 26.4. The van der Waals surface area contributed by atoms with Crippen LogP contribution in [0.25, 0.3) is 10.4 Å². The number of aryl methyl sites for hydroxylation is 1. The largest absolute Gasteiger partial charge is 0.391 e. The van der Waals surface area contributed by atoms with Crippen molar-refractivity contribution < 1.29 is 24.3 Å². The maximum Gasteiger partial charge on any atom is 0.247 e. The number of aliphatic hydroxyl groups excluding tert-OH is 1. The highest BCUT2D eigenvalue weighted by molar-refractivity contribution is 8.00. The first kappa shape index (κ1) is 55.2. The Morgan fingerprint density at radius 2 is 1.46 bits per heavy atom. The Bertz CT molecular complexity index is 2450. The number of unbranched alkanes of at least 4 members (excludes halogenated alkanes) is 8. The van der Waals surface area contributed by atoms with Gasteiger partial charge in [-0.1, -0.05) is 113 Å². The molecule has 13 nitrogen and oxygen atoms in total. The van der Waals surface area contributed by atoms with Crippen molar-refractivity contribution in [2.24, 2.45) is 0 Å². The molecule has 7 rings (SSSR count). The lowest BCUT2D eigenvalue weighted by atomic mass is 9.91. The zero-order valence-electron chi connectivity index (χ0n) is 43.5. The van der Waals surface area contributed by atoms with Crippen LogP contribution in [0.5, 0.6) is 0 Å². The number of piperazine rings is 1. The third-order valence-electron chi connectivity index (χ3n) is 15.1. The lowest BCUT2D eigenvalue weighted by Crippen LogP contribution is -2.59. The van der Waals surface area contributed by atoms with Gasteiger partial charge < -0.3 is 30.4 Å². The van der Waals surface area contributed by atoms with Gasteiger partial charge in [-0.05, 0) is 93.4 Å². The number of benzene rings is 2. The van der Waals surface area contributed by atoms with Gasteiger partial charge in [-0.3, -0.25) is 19.2 Å². The molecule has 72 heavy (non-hydrogen) atoms. The van der Waals surface area contributed by atoms with Crippen LogP contribution in [-0.4, -0.2) is 115 Å². The van der Waals surface area contributed by atoms with Crippen molar-refractivity contribution in [1.29, 1.82) is 0 Å². The number of carbonyl (C=O) groups excluding carboxylic acids is 4. The number of amides is 4. The highest BCUT2D eigenvalue weighted by atomic mass is 35.5. The van der Waals surface area contributed by atoms with Crippen LogP contribution in [-0.2, 0) is 19.2 Å². The molecule has 2 aromatic heterocycles. The fourth-order valence-electron chi connectivity index (χ4n) is 11.0. The molecular weight excluding hydrogens is 964 g/mol. The van der Waals surface area contributed by atoms with E-state index in [2.05, 4.69) is 44.2 Å². The smallest absolute Gasteiger partial charge is 0.247 e. The van der Waals surface area contributed by atoms with Crippen molar-refractivity contribution in [2.45, 2.75) is 172 Å². The summed E-state index contributed by atoms with van der Waals surface area (Å²) in [5.41, 5.74) is 8.30. The Hall–Kier alpha value is -4.57. The van der Waals surface area contributed by atoms with Crippen molar-refractivity contribution in [2.75, 3.05) is 43.4 Å². The van der Waals surface area contributed by atoms with E-state index in [0.717, 1.165) is 116 Å². The second-order valence-electron chi connectivity index (χ2n) is 21.0. The highest BCUT2D eigenvalue weighted by Crippen LogP contribution is 2.44. The van der Waals surface area contributed by atoms with Gasteiger partial charge >= 0.3 is 0 Å². The minimum Gasteiger partial charge on any atom is -0.391 e. The molecule has 0 bridgehead atoms. The van der Waals surface area contributed by atoms with Gasteiger partial charge in [0.2, 0.25) is 23.6 Å². The number of fused-ring (bicyclic) bond motifs is 1. The van der Waals surface area contributed by atoms with E-state index in [1.165, 1.54) is 29.5 Å². The molecule has 3 N–H and O–H groups in total. The van der Waals surface area contributed by atoms with Gasteiger partial charge in [0.1, 0.15) is 24.2 Å². The minimum atomic E-state index is -0.874. The number of hydrogen-bond acceptors (Lipinski definition) is 11. The van der Waals surface area contributed by atoms with Crippen molar-refractivity contribution >= 4 is 64.1 Å². The van der Waals surface area contributed by atoms with Gasteiger partial charge in [0.15, 0.2) is 0 Å². The maximum absolute atomic E-state index is 14.3. The Kier molecular flexibility index (Phi) is 19.6. The number of thioether (sulfide) groups is 1. The van der Waals surface area contributed by atoms with Gasteiger partial charge in [0.25, 0.3) is 0 Å². The molecule has 0 unspecified atom stereocenters. The van der Waals surface area contributed by atoms with E-state index in [-0.39, 0.29) is 48.6 Å². The molecule has 0 radical (unpaired) electrons. The van der Waals surface area contributed by atoms with Gasteiger partial charge in [-0.15, -0.1) is 11.3 Å². The molecule has 390 valence electrons. The number of likely N-dealkylation sites (tertiary alicyclic amines) is 1. The summed E-state index contributed by atoms with van der Waals surface area (Å²) < 4.78 is -0.662. The Morgan fingerprint density at radius 3 is 2.10 bits per heavy atom.